The quantitative estimate of drug-likeness (QED) is 0.515. The summed E-state index contributed by atoms with van der Waals surface area (Å²) in [4.78, 5) is 21.3. The summed E-state index contributed by atoms with van der Waals surface area (Å²) in [5.74, 6) is -1.59. The Balaban J connectivity index is 3.09. The van der Waals surface area contributed by atoms with E-state index >= 15 is 0 Å². The van der Waals surface area contributed by atoms with Gasteiger partial charge >= 0.3 is 5.97 Å². The third-order valence-electron chi connectivity index (χ3n) is 1.89. The molecular weight excluding hydrogens is 255 g/mol. The number of alkyl halides is 2. The van der Waals surface area contributed by atoms with Crippen LogP contribution in [0.15, 0.2) is 18.2 Å². The van der Waals surface area contributed by atoms with Crippen LogP contribution in [0, 0.1) is 0 Å². The maximum absolute atomic E-state index is 11.4. The van der Waals surface area contributed by atoms with Crippen molar-refractivity contribution in [1.82, 2.24) is 0 Å². The van der Waals surface area contributed by atoms with Crippen LogP contribution in [0.25, 0.3) is 0 Å². The lowest BCUT2D eigenvalue weighted by Crippen LogP contribution is -2.09. The maximum atomic E-state index is 11.4. The number of halogens is 2. The number of Topliss-reactive ketones (excluding diaryl/α,β-unsaturated/α-hetero) is 1. The second-order valence-corrected chi connectivity index (χ2v) is 3.98. The molecule has 0 atom stereocenters. The maximum Gasteiger partial charge on any atom is 0.341 e. The minimum absolute atomic E-state index is 0.0280. The number of rotatable bonds is 3. The van der Waals surface area contributed by atoms with Gasteiger partial charge in [-0.05, 0) is 12.1 Å². The second-order valence-electron chi connectivity index (χ2n) is 2.89. The zero-order valence-electron chi connectivity index (χ0n) is 8.24. The first-order valence-corrected chi connectivity index (χ1v) is 5.08. The molecule has 0 aliphatic carbocycles. The van der Waals surface area contributed by atoms with Crippen molar-refractivity contribution in [2.75, 3.05) is 7.11 Å². The molecule has 4 nitrogen and oxygen atoms in total. The zero-order chi connectivity index (χ0) is 12.3. The monoisotopic (exact) mass is 262 g/mol. The number of phenolic OH excluding ortho intramolecular Hbond substituents is 1. The van der Waals surface area contributed by atoms with Gasteiger partial charge in [0.2, 0.25) is 0 Å². The number of carbonyl (C=O) groups excluding carboxylic acids is 2. The number of esters is 1. The molecule has 0 heterocycles. The molecule has 1 N–H and O–H groups in total. The Morgan fingerprint density at radius 1 is 1.38 bits per heavy atom. The van der Waals surface area contributed by atoms with Crippen LogP contribution in [0.2, 0.25) is 0 Å². The summed E-state index contributed by atoms with van der Waals surface area (Å²) >= 11 is 10.8. The lowest BCUT2D eigenvalue weighted by atomic mass is 10.1. The van der Waals surface area contributed by atoms with Gasteiger partial charge in [0.15, 0.2) is 10.6 Å². The number of ether oxygens (including phenoxy) is 1. The minimum Gasteiger partial charge on any atom is -0.507 e. The number of phenols is 1. The number of hydrogen-bond acceptors (Lipinski definition) is 4. The van der Waals surface area contributed by atoms with Gasteiger partial charge in [0, 0.05) is 5.56 Å². The Morgan fingerprint density at radius 3 is 2.44 bits per heavy atom. The molecule has 6 heteroatoms. The van der Waals surface area contributed by atoms with Gasteiger partial charge in [-0.25, -0.2) is 4.79 Å². The van der Waals surface area contributed by atoms with Crippen molar-refractivity contribution in [1.29, 1.82) is 0 Å². The summed E-state index contributed by atoms with van der Waals surface area (Å²) in [5.41, 5.74) is 0.0971. The first-order chi connectivity index (χ1) is 7.47. The first-order valence-electron chi connectivity index (χ1n) is 4.21. The third kappa shape index (κ3) is 2.65. The molecule has 0 amide bonds. The highest BCUT2D eigenvalue weighted by molar-refractivity contribution is 6.55. The molecular formula is C10H8Cl2O4. The van der Waals surface area contributed by atoms with Crippen molar-refractivity contribution in [2.24, 2.45) is 0 Å². The Kier molecular flexibility index (Phi) is 4.15. The molecule has 16 heavy (non-hydrogen) atoms. The van der Waals surface area contributed by atoms with Gasteiger partial charge in [-0.15, -0.1) is 0 Å². The molecule has 0 aliphatic heterocycles. The van der Waals surface area contributed by atoms with Crippen LogP contribution in [0.5, 0.6) is 5.75 Å². The van der Waals surface area contributed by atoms with E-state index in [-0.39, 0.29) is 16.9 Å². The number of methoxy groups -OCH3 is 1. The topological polar surface area (TPSA) is 63.6 Å². The molecule has 1 aromatic rings. The van der Waals surface area contributed by atoms with Gasteiger partial charge in [0.25, 0.3) is 0 Å². The lowest BCUT2D eigenvalue weighted by molar-refractivity contribution is 0.0597. The Bertz CT molecular complexity index is 429. The highest BCUT2D eigenvalue weighted by atomic mass is 35.5. The minimum atomic E-state index is -1.21. The lowest BCUT2D eigenvalue weighted by Gasteiger charge is -2.05. The van der Waals surface area contributed by atoms with Crippen molar-refractivity contribution in [3.8, 4) is 5.75 Å². The molecule has 0 unspecified atom stereocenters. The Morgan fingerprint density at radius 2 is 2.00 bits per heavy atom. The van der Waals surface area contributed by atoms with E-state index in [2.05, 4.69) is 4.74 Å². The summed E-state index contributed by atoms with van der Waals surface area (Å²) in [5, 5.41) is 9.48. The average molecular weight is 263 g/mol. The van der Waals surface area contributed by atoms with E-state index in [1.807, 2.05) is 0 Å². The van der Waals surface area contributed by atoms with Crippen molar-refractivity contribution < 1.29 is 19.4 Å². The number of hydrogen-bond donors (Lipinski definition) is 1. The third-order valence-corrected chi connectivity index (χ3v) is 2.28. The summed E-state index contributed by atoms with van der Waals surface area (Å²) < 4.78 is 4.43. The highest BCUT2D eigenvalue weighted by Gasteiger charge is 2.18. The van der Waals surface area contributed by atoms with Crippen LogP contribution in [-0.4, -0.2) is 28.8 Å². The number of ketones is 1. The normalized spacial score (nSPS) is 10.2. The molecule has 0 saturated carbocycles. The second kappa shape index (κ2) is 5.18. The van der Waals surface area contributed by atoms with Crippen LogP contribution < -0.4 is 0 Å². The largest absolute Gasteiger partial charge is 0.507 e. The fourth-order valence-electron chi connectivity index (χ4n) is 1.09. The van der Waals surface area contributed by atoms with Crippen molar-refractivity contribution in [3.05, 3.63) is 29.3 Å². The van der Waals surface area contributed by atoms with Crippen LogP contribution in [0.3, 0.4) is 0 Å². The van der Waals surface area contributed by atoms with Gasteiger partial charge in [-0.3, -0.25) is 4.79 Å². The van der Waals surface area contributed by atoms with Crippen molar-refractivity contribution in [2.45, 2.75) is 4.84 Å². The molecule has 1 rings (SSSR count). The van der Waals surface area contributed by atoms with Gasteiger partial charge in [0.1, 0.15) is 11.3 Å². The first kappa shape index (κ1) is 12.8. The molecule has 0 fully saturated rings. The molecule has 0 spiro atoms. The molecule has 0 radical (unpaired) electrons. The van der Waals surface area contributed by atoms with E-state index in [1.165, 1.54) is 19.2 Å². The van der Waals surface area contributed by atoms with E-state index in [0.717, 1.165) is 6.07 Å². The summed E-state index contributed by atoms with van der Waals surface area (Å²) in [7, 11) is 1.19. The van der Waals surface area contributed by atoms with E-state index in [1.54, 1.807) is 0 Å². The zero-order valence-corrected chi connectivity index (χ0v) is 9.75. The highest BCUT2D eigenvalue weighted by Crippen LogP contribution is 2.22. The van der Waals surface area contributed by atoms with Gasteiger partial charge in [-0.1, -0.05) is 29.3 Å². The standard InChI is InChI=1S/C10H8Cl2O4/c1-16-10(15)6-3-2-5(4-7(6)13)8(14)9(11)12/h2-4,9,13H,1H3. The fraction of sp³-hybridized carbons (Fsp3) is 0.200. The fourth-order valence-corrected chi connectivity index (χ4v) is 1.35. The van der Waals surface area contributed by atoms with E-state index in [4.69, 9.17) is 23.2 Å². The van der Waals surface area contributed by atoms with Gasteiger partial charge in [-0.2, -0.15) is 0 Å². The van der Waals surface area contributed by atoms with Crippen LogP contribution >= 0.6 is 23.2 Å². The number of benzene rings is 1. The van der Waals surface area contributed by atoms with Gasteiger partial charge in [0.05, 0.1) is 7.11 Å². The molecule has 86 valence electrons. The summed E-state index contributed by atoms with van der Waals surface area (Å²) in [6.07, 6.45) is 0. The predicted molar refractivity (Wildman–Crippen MR) is 59.3 cm³/mol. The van der Waals surface area contributed by atoms with Crippen molar-refractivity contribution in [3.63, 3.8) is 0 Å². The van der Waals surface area contributed by atoms with Crippen molar-refractivity contribution >= 4 is 35.0 Å². The summed E-state index contributed by atoms with van der Waals surface area (Å²) in [6, 6.07) is 3.73. The Hall–Kier alpha value is -1.26. The SMILES string of the molecule is COC(=O)c1ccc(C(=O)C(Cl)Cl)cc1O. The predicted octanol–water partition coefficient (Wildman–Crippen LogP) is 2.17. The smallest absolute Gasteiger partial charge is 0.341 e. The van der Waals surface area contributed by atoms with Crippen LogP contribution in [-0.2, 0) is 4.74 Å². The molecule has 0 saturated heterocycles. The Labute approximate surface area is 102 Å². The number of carbonyl (C=O) groups is 2. The molecule has 0 bridgehead atoms. The average Bonchev–Trinajstić information content (AvgIpc) is 2.26. The van der Waals surface area contributed by atoms with E-state index < -0.39 is 16.6 Å². The van der Waals surface area contributed by atoms with Crippen LogP contribution in [0.1, 0.15) is 20.7 Å². The van der Waals surface area contributed by atoms with E-state index in [9.17, 15) is 14.7 Å². The van der Waals surface area contributed by atoms with Crippen LogP contribution in [0.4, 0.5) is 0 Å². The molecule has 0 aromatic heterocycles. The van der Waals surface area contributed by atoms with Gasteiger partial charge < -0.3 is 9.84 Å². The number of aromatic hydroxyl groups is 1. The van der Waals surface area contributed by atoms with E-state index in [0.29, 0.717) is 0 Å². The summed E-state index contributed by atoms with van der Waals surface area (Å²) in [6.45, 7) is 0. The molecule has 1 aromatic carbocycles. The molecule has 0 aliphatic rings.